The Hall–Kier alpha value is -1.67. The maximum absolute atomic E-state index is 11.6. The first-order valence-electron chi connectivity index (χ1n) is 5.83. The summed E-state index contributed by atoms with van der Waals surface area (Å²) in [4.78, 5) is 12.9. The van der Waals surface area contributed by atoms with Gasteiger partial charge in [-0.15, -0.1) is 0 Å². The Bertz CT molecular complexity index is 757. The second-order valence-corrected chi connectivity index (χ2v) is 7.27. The molecule has 120 valence electrons. The molecule has 0 spiro atoms. The lowest BCUT2D eigenvalue weighted by Gasteiger charge is -2.17. The molecule has 0 bridgehead atoms. The zero-order valence-electron chi connectivity index (χ0n) is 11.9. The van der Waals surface area contributed by atoms with E-state index in [9.17, 15) is 13.2 Å². The Morgan fingerprint density at radius 2 is 1.95 bits per heavy atom. The molecule has 0 fully saturated rings. The van der Waals surface area contributed by atoms with Gasteiger partial charge in [0, 0.05) is 10.6 Å². The summed E-state index contributed by atoms with van der Waals surface area (Å²) in [6.07, 6.45) is 0.975. The number of hydrogen-bond donors (Lipinski definition) is 2. The van der Waals surface area contributed by atoms with Crippen LogP contribution in [0.3, 0.4) is 0 Å². The van der Waals surface area contributed by atoms with Crippen LogP contribution < -0.4 is 10.0 Å². The first kappa shape index (κ1) is 18.4. The molecule has 0 heterocycles. The molecule has 0 aromatic heterocycles. The minimum absolute atomic E-state index is 0.0204. The predicted octanol–water partition coefficient (Wildman–Crippen LogP) is 3.36. The lowest BCUT2D eigenvalue weighted by Crippen LogP contribution is -2.20. The minimum atomic E-state index is -3.57. The molecule has 1 aromatic rings. The van der Waals surface area contributed by atoms with Crippen LogP contribution in [0.4, 0.5) is 17.1 Å². The molecule has 1 amide bonds. The third-order valence-corrected chi connectivity index (χ3v) is 3.75. The van der Waals surface area contributed by atoms with Gasteiger partial charge in [0.05, 0.1) is 17.6 Å². The van der Waals surface area contributed by atoms with Gasteiger partial charge in [0.1, 0.15) is 0 Å². The summed E-state index contributed by atoms with van der Waals surface area (Å²) in [7, 11) is -3.57. The molecule has 0 unspecified atom stereocenters. The number of sulfonamides is 1. The zero-order valence-corrected chi connectivity index (χ0v) is 14.2. The quantitative estimate of drug-likeness (QED) is 0.359. The molecule has 8 nitrogen and oxygen atoms in total. The van der Waals surface area contributed by atoms with Crippen molar-refractivity contribution in [3.05, 3.63) is 27.6 Å². The molecule has 0 atom stereocenters. The fourth-order valence-corrected chi connectivity index (χ4v) is 2.39. The number of nitrogens with one attached hydrogen (secondary N) is 2. The standard InChI is InChI=1S/C11H13Cl2N5O3S/c1-5-6(2)9(17-22(3,20)21)8(16-18-14)4-7(5)15-11(19)10(12)13/h4,10,17H,1-3H3,(H,15,19). The van der Waals surface area contributed by atoms with E-state index in [1.54, 1.807) is 13.8 Å². The highest BCUT2D eigenvalue weighted by Crippen LogP contribution is 2.36. The highest BCUT2D eigenvalue weighted by molar-refractivity contribution is 7.92. The summed E-state index contributed by atoms with van der Waals surface area (Å²) < 4.78 is 25.1. The van der Waals surface area contributed by atoms with Crippen LogP contribution in [-0.4, -0.2) is 25.4 Å². The number of halogens is 2. The van der Waals surface area contributed by atoms with E-state index >= 15 is 0 Å². The Morgan fingerprint density at radius 1 is 1.36 bits per heavy atom. The highest BCUT2D eigenvalue weighted by Gasteiger charge is 2.18. The molecule has 0 saturated heterocycles. The fourth-order valence-electron chi connectivity index (χ4n) is 1.66. The largest absolute Gasteiger partial charge is 0.323 e. The molecular formula is C11H13Cl2N5O3S. The summed E-state index contributed by atoms with van der Waals surface area (Å²) >= 11 is 10.9. The van der Waals surface area contributed by atoms with E-state index in [-0.39, 0.29) is 11.4 Å². The van der Waals surface area contributed by atoms with E-state index in [0.29, 0.717) is 16.8 Å². The molecule has 0 aliphatic rings. The van der Waals surface area contributed by atoms with Gasteiger partial charge >= 0.3 is 0 Å². The number of hydrogen-bond acceptors (Lipinski definition) is 4. The average molecular weight is 366 g/mol. The normalized spacial score (nSPS) is 11.0. The molecular weight excluding hydrogens is 353 g/mol. The Kier molecular flexibility index (Phi) is 5.90. The number of nitrogens with zero attached hydrogens (tertiary/aromatic N) is 3. The SMILES string of the molecule is Cc1c(NC(=O)C(Cl)Cl)cc(N=[N+]=[N-])c(NS(C)(=O)=O)c1C. The molecule has 0 radical (unpaired) electrons. The van der Waals surface area contributed by atoms with Crippen LogP contribution in [0.25, 0.3) is 10.4 Å². The Morgan fingerprint density at radius 3 is 2.41 bits per heavy atom. The highest BCUT2D eigenvalue weighted by atomic mass is 35.5. The third kappa shape index (κ3) is 4.67. The van der Waals surface area contributed by atoms with Crippen LogP contribution in [0.5, 0.6) is 0 Å². The van der Waals surface area contributed by atoms with Gasteiger partial charge in [-0.1, -0.05) is 28.3 Å². The molecule has 11 heteroatoms. The maximum atomic E-state index is 11.6. The van der Waals surface area contributed by atoms with Crippen molar-refractivity contribution in [3.8, 4) is 0 Å². The van der Waals surface area contributed by atoms with Crippen LogP contribution in [0.15, 0.2) is 11.2 Å². The van der Waals surface area contributed by atoms with Gasteiger partial charge in [0.2, 0.25) is 10.0 Å². The maximum Gasteiger partial charge on any atom is 0.257 e. The molecule has 1 rings (SSSR count). The number of azide groups is 1. The lowest BCUT2D eigenvalue weighted by molar-refractivity contribution is -0.114. The van der Waals surface area contributed by atoms with Crippen LogP contribution in [0, 0.1) is 13.8 Å². The molecule has 22 heavy (non-hydrogen) atoms. The fraction of sp³-hybridized carbons (Fsp3) is 0.364. The van der Waals surface area contributed by atoms with Crippen molar-refractivity contribution in [2.24, 2.45) is 5.11 Å². The topological polar surface area (TPSA) is 124 Å². The summed E-state index contributed by atoms with van der Waals surface area (Å²) in [5, 5.41) is 5.92. The van der Waals surface area contributed by atoms with E-state index in [0.717, 1.165) is 6.26 Å². The average Bonchev–Trinajstić information content (AvgIpc) is 2.39. The van der Waals surface area contributed by atoms with Crippen LogP contribution in [-0.2, 0) is 14.8 Å². The van der Waals surface area contributed by atoms with Crippen molar-refractivity contribution in [2.45, 2.75) is 18.7 Å². The molecule has 1 aromatic carbocycles. The molecule has 2 N–H and O–H groups in total. The van der Waals surface area contributed by atoms with Gasteiger partial charge in [-0.25, -0.2) is 8.42 Å². The Balaban J connectivity index is 3.47. The van der Waals surface area contributed by atoms with E-state index in [1.807, 2.05) is 0 Å². The van der Waals surface area contributed by atoms with Gasteiger partial charge < -0.3 is 5.32 Å². The van der Waals surface area contributed by atoms with Crippen molar-refractivity contribution >= 4 is 56.2 Å². The number of alkyl halides is 2. The third-order valence-electron chi connectivity index (χ3n) is 2.77. The van der Waals surface area contributed by atoms with Crippen molar-refractivity contribution in [1.82, 2.24) is 0 Å². The van der Waals surface area contributed by atoms with Crippen LogP contribution >= 0.6 is 23.2 Å². The molecule has 0 saturated carbocycles. The monoisotopic (exact) mass is 365 g/mol. The number of carbonyl (C=O) groups is 1. The van der Waals surface area contributed by atoms with Crippen molar-refractivity contribution in [3.63, 3.8) is 0 Å². The number of amides is 1. The van der Waals surface area contributed by atoms with Crippen molar-refractivity contribution < 1.29 is 13.2 Å². The van der Waals surface area contributed by atoms with Crippen LogP contribution in [0.2, 0.25) is 0 Å². The summed E-state index contributed by atoms with van der Waals surface area (Å²) in [5.74, 6) is -0.651. The van der Waals surface area contributed by atoms with Crippen LogP contribution in [0.1, 0.15) is 11.1 Å². The predicted molar refractivity (Wildman–Crippen MR) is 87.3 cm³/mol. The lowest BCUT2D eigenvalue weighted by atomic mass is 10.0. The molecule has 0 aliphatic heterocycles. The first-order valence-corrected chi connectivity index (χ1v) is 8.59. The second kappa shape index (κ2) is 7.06. The van der Waals surface area contributed by atoms with E-state index < -0.39 is 20.8 Å². The summed E-state index contributed by atoms with van der Waals surface area (Å²) in [6.45, 7) is 3.28. The van der Waals surface area contributed by atoms with Gasteiger partial charge in [0.15, 0.2) is 4.84 Å². The Labute approximate surface area is 137 Å². The number of carbonyl (C=O) groups excluding carboxylic acids is 1. The van der Waals surface area contributed by atoms with Gasteiger partial charge in [-0.2, -0.15) is 0 Å². The smallest absolute Gasteiger partial charge is 0.257 e. The zero-order chi connectivity index (χ0) is 17.1. The van der Waals surface area contributed by atoms with E-state index in [1.165, 1.54) is 6.07 Å². The summed E-state index contributed by atoms with van der Waals surface area (Å²) in [5.41, 5.74) is 10.2. The van der Waals surface area contributed by atoms with E-state index in [2.05, 4.69) is 20.1 Å². The summed E-state index contributed by atoms with van der Waals surface area (Å²) in [6, 6.07) is 1.34. The number of benzene rings is 1. The first-order chi connectivity index (χ1) is 10.1. The minimum Gasteiger partial charge on any atom is -0.323 e. The van der Waals surface area contributed by atoms with E-state index in [4.69, 9.17) is 28.7 Å². The molecule has 0 aliphatic carbocycles. The van der Waals surface area contributed by atoms with Gasteiger partial charge in [-0.05, 0) is 36.6 Å². The van der Waals surface area contributed by atoms with Crippen molar-refractivity contribution in [2.75, 3.05) is 16.3 Å². The number of rotatable bonds is 5. The second-order valence-electron chi connectivity index (χ2n) is 4.42. The van der Waals surface area contributed by atoms with Gasteiger partial charge in [0.25, 0.3) is 5.91 Å². The number of anilines is 2. The van der Waals surface area contributed by atoms with Crippen molar-refractivity contribution in [1.29, 1.82) is 0 Å². The van der Waals surface area contributed by atoms with Gasteiger partial charge in [-0.3, -0.25) is 9.52 Å².